The summed E-state index contributed by atoms with van der Waals surface area (Å²) in [6, 6.07) is 9.38. The average Bonchev–Trinajstić information content (AvgIpc) is 2.44. The number of halogens is 1. The molecule has 0 bridgehead atoms. The molecule has 0 aliphatic rings. The minimum atomic E-state index is -0.618. The number of pyridine rings is 1. The summed E-state index contributed by atoms with van der Waals surface area (Å²) in [7, 11) is 0. The summed E-state index contributed by atoms with van der Waals surface area (Å²) < 4.78 is 6.50. The number of hydrogen-bond acceptors (Lipinski definition) is 3. The van der Waals surface area contributed by atoms with Gasteiger partial charge in [-0.25, -0.2) is 4.98 Å². The van der Waals surface area contributed by atoms with Crippen molar-refractivity contribution >= 4 is 27.7 Å². The summed E-state index contributed by atoms with van der Waals surface area (Å²) in [6.07, 6.45) is 1.09. The molecule has 1 heterocycles. The fourth-order valence-corrected chi connectivity index (χ4v) is 2.30. The van der Waals surface area contributed by atoms with E-state index in [1.807, 2.05) is 38.1 Å². The Morgan fingerprint density at radius 3 is 2.57 bits per heavy atom. The van der Waals surface area contributed by atoms with Gasteiger partial charge >= 0.3 is 0 Å². The lowest BCUT2D eigenvalue weighted by Gasteiger charge is -2.15. The maximum absolute atomic E-state index is 12.1. The van der Waals surface area contributed by atoms with Gasteiger partial charge in [-0.3, -0.25) is 4.79 Å². The highest BCUT2D eigenvalue weighted by atomic mass is 79.9. The Morgan fingerprint density at radius 2 is 1.95 bits per heavy atom. The lowest BCUT2D eigenvalue weighted by Crippen LogP contribution is -2.30. The van der Waals surface area contributed by atoms with Gasteiger partial charge in [-0.05, 0) is 66.0 Å². The maximum atomic E-state index is 12.1. The topological polar surface area (TPSA) is 51.2 Å². The molecule has 1 amide bonds. The van der Waals surface area contributed by atoms with E-state index in [9.17, 15) is 4.79 Å². The molecule has 0 aliphatic carbocycles. The zero-order valence-electron chi connectivity index (χ0n) is 12.2. The molecule has 2 rings (SSSR count). The second-order valence-electron chi connectivity index (χ2n) is 4.90. The van der Waals surface area contributed by atoms with E-state index in [1.165, 1.54) is 0 Å². The molecular weight excluding hydrogens is 332 g/mol. The number of carbonyl (C=O) groups excluding carboxylic acids is 1. The highest BCUT2D eigenvalue weighted by Gasteiger charge is 2.16. The molecule has 1 atom stereocenters. The molecule has 5 heteroatoms. The van der Waals surface area contributed by atoms with Crippen LogP contribution in [0.25, 0.3) is 0 Å². The standard InChI is InChI=1S/C16H17BrN2O2/c1-10-4-6-14(13(17)8-10)21-12(3)16(20)19-15-7-5-11(2)9-18-15/h4-9,12H,1-3H3,(H,18,19,20). The van der Waals surface area contributed by atoms with E-state index in [-0.39, 0.29) is 5.91 Å². The van der Waals surface area contributed by atoms with Gasteiger partial charge in [0.1, 0.15) is 11.6 Å². The van der Waals surface area contributed by atoms with E-state index < -0.39 is 6.10 Å². The summed E-state index contributed by atoms with van der Waals surface area (Å²) in [4.78, 5) is 16.2. The number of aryl methyl sites for hydroxylation is 2. The largest absolute Gasteiger partial charge is 0.480 e. The number of benzene rings is 1. The van der Waals surface area contributed by atoms with Gasteiger partial charge in [-0.1, -0.05) is 12.1 Å². The quantitative estimate of drug-likeness (QED) is 0.912. The molecule has 1 N–H and O–H groups in total. The average molecular weight is 349 g/mol. The zero-order valence-corrected chi connectivity index (χ0v) is 13.8. The van der Waals surface area contributed by atoms with Crippen LogP contribution < -0.4 is 10.1 Å². The fourth-order valence-electron chi connectivity index (χ4n) is 1.72. The maximum Gasteiger partial charge on any atom is 0.266 e. The van der Waals surface area contributed by atoms with Crippen molar-refractivity contribution in [1.82, 2.24) is 4.98 Å². The van der Waals surface area contributed by atoms with Crippen LogP contribution in [0.2, 0.25) is 0 Å². The Kier molecular flexibility index (Phi) is 4.96. The van der Waals surface area contributed by atoms with E-state index in [1.54, 1.807) is 19.2 Å². The van der Waals surface area contributed by atoms with Crippen molar-refractivity contribution in [2.24, 2.45) is 0 Å². The van der Waals surface area contributed by atoms with Crippen LogP contribution in [0.1, 0.15) is 18.1 Å². The van der Waals surface area contributed by atoms with E-state index in [4.69, 9.17) is 4.74 Å². The molecular formula is C16H17BrN2O2. The summed E-state index contributed by atoms with van der Waals surface area (Å²) in [6.45, 7) is 5.64. The number of anilines is 1. The molecule has 1 aromatic heterocycles. The summed E-state index contributed by atoms with van der Waals surface area (Å²) >= 11 is 3.43. The van der Waals surface area contributed by atoms with E-state index in [2.05, 4.69) is 26.2 Å². The third kappa shape index (κ3) is 4.29. The van der Waals surface area contributed by atoms with Gasteiger partial charge < -0.3 is 10.1 Å². The molecule has 0 radical (unpaired) electrons. The van der Waals surface area contributed by atoms with Gasteiger partial charge in [0.05, 0.1) is 4.47 Å². The molecule has 0 saturated heterocycles. The summed E-state index contributed by atoms with van der Waals surface area (Å²) in [5.74, 6) is 0.919. The molecule has 0 aliphatic heterocycles. The molecule has 1 aromatic carbocycles. The molecule has 4 nitrogen and oxygen atoms in total. The predicted octanol–water partition coefficient (Wildman–Crippen LogP) is 3.87. The third-order valence-corrected chi connectivity index (χ3v) is 3.54. The number of nitrogens with zero attached hydrogens (tertiary/aromatic N) is 1. The Labute approximate surface area is 132 Å². The van der Waals surface area contributed by atoms with Crippen molar-refractivity contribution in [2.75, 3.05) is 5.32 Å². The number of ether oxygens (including phenoxy) is 1. The van der Waals surface area contributed by atoms with Crippen LogP contribution in [-0.4, -0.2) is 17.0 Å². The second kappa shape index (κ2) is 6.72. The van der Waals surface area contributed by atoms with Gasteiger partial charge in [-0.15, -0.1) is 0 Å². The van der Waals surface area contributed by atoms with Gasteiger partial charge in [0.2, 0.25) is 0 Å². The number of hydrogen-bond donors (Lipinski definition) is 1. The van der Waals surface area contributed by atoms with Crippen molar-refractivity contribution in [3.05, 3.63) is 52.1 Å². The van der Waals surface area contributed by atoms with Gasteiger partial charge in [0.15, 0.2) is 6.10 Å². The minimum absolute atomic E-state index is 0.237. The van der Waals surface area contributed by atoms with Crippen LogP contribution in [0.4, 0.5) is 5.82 Å². The Bertz CT molecular complexity index is 641. The third-order valence-electron chi connectivity index (χ3n) is 2.92. The SMILES string of the molecule is Cc1ccc(NC(=O)C(C)Oc2ccc(C)cc2Br)nc1. The minimum Gasteiger partial charge on any atom is -0.480 e. The smallest absolute Gasteiger partial charge is 0.266 e. The van der Waals surface area contributed by atoms with Gasteiger partial charge in [0.25, 0.3) is 5.91 Å². The molecule has 0 fully saturated rings. The number of carbonyl (C=O) groups is 1. The Morgan fingerprint density at radius 1 is 1.24 bits per heavy atom. The molecule has 0 saturated carbocycles. The van der Waals surface area contributed by atoms with Gasteiger partial charge in [0, 0.05) is 6.20 Å². The molecule has 110 valence electrons. The van der Waals surface area contributed by atoms with Crippen molar-refractivity contribution in [3.63, 3.8) is 0 Å². The van der Waals surface area contributed by atoms with Crippen LogP contribution in [-0.2, 0) is 4.79 Å². The van der Waals surface area contributed by atoms with Crippen LogP contribution in [0.15, 0.2) is 41.0 Å². The summed E-state index contributed by atoms with van der Waals surface area (Å²) in [5, 5.41) is 2.73. The fraction of sp³-hybridized carbons (Fsp3) is 0.250. The Balaban J connectivity index is 2.00. The number of nitrogens with one attached hydrogen (secondary N) is 1. The zero-order chi connectivity index (χ0) is 15.4. The lowest BCUT2D eigenvalue weighted by molar-refractivity contribution is -0.122. The van der Waals surface area contributed by atoms with Crippen molar-refractivity contribution < 1.29 is 9.53 Å². The molecule has 1 unspecified atom stereocenters. The van der Waals surface area contributed by atoms with Crippen LogP contribution >= 0.6 is 15.9 Å². The van der Waals surface area contributed by atoms with Crippen LogP contribution in [0.3, 0.4) is 0 Å². The van der Waals surface area contributed by atoms with Crippen LogP contribution in [0, 0.1) is 13.8 Å². The molecule has 2 aromatic rings. The Hall–Kier alpha value is -1.88. The van der Waals surface area contributed by atoms with Crippen LogP contribution in [0.5, 0.6) is 5.75 Å². The summed E-state index contributed by atoms with van der Waals surface area (Å²) in [5.41, 5.74) is 2.16. The van der Waals surface area contributed by atoms with Crippen molar-refractivity contribution in [2.45, 2.75) is 26.9 Å². The monoisotopic (exact) mass is 348 g/mol. The number of rotatable bonds is 4. The first kappa shape index (κ1) is 15.5. The first-order chi connectivity index (χ1) is 9.95. The van der Waals surface area contributed by atoms with Crippen molar-refractivity contribution in [3.8, 4) is 5.75 Å². The van der Waals surface area contributed by atoms with E-state index in [0.29, 0.717) is 11.6 Å². The first-order valence-electron chi connectivity index (χ1n) is 6.62. The van der Waals surface area contributed by atoms with Crippen molar-refractivity contribution in [1.29, 1.82) is 0 Å². The first-order valence-corrected chi connectivity index (χ1v) is 7.41. The van der Waals surface area contributed by atoms with Gasteiger partial charge in [-0.2, -0.15) is 0 Å². The second-order valence-corrected chi connectivity index (χ2v) is 5.76. The molecule has 0 spiro atoms. The number of amides is 1. The molecule has 21 heavy (non-hydrogen) atoms. The van der Waals surface area contributed by atoms with E-state index >= 15 is 0 Å². The lowest BCUT2D eigenvalue weighted by atomic mass is 10.2. The number of aromatic nitrogens is 1. The van der Waals surface area contributed by atoms with E-state index in [0.717, 1.165) is 15.6 Å². The highest BCUT2D eigenvalue weighted by Crippen LogP contribution is 2.26. The predicted molar refractivity (Wildman–Crippen MR) is 86.6 cm³/mol. The highest BCUT2D eigenvalue weighted by molar-refractivity contribution is 9.10. The normalized spacial score (nSPS) is 11.8.